The van der Waals surface area contributed by atoms with Crippen LogP contribution in [0.1, 0.15) is 18.4 Å². The summed E-state index contributed by atoms with van der Waals surface area (Å²) in [4.78, 5) is 10.7. The number of aromatic nitrogens is 1. The molecule has 1 aromatic heterocycles. The molecule has 2 rings (SSSR count). The number of nitrogens with one attached hydrogen (secondary N) is 1. The molecular weight excluding hydrogens is 327 g/mol. The Morgan fingerprint density at radius 2 is 2.06 bits per heavy atom. The third-order valence-corrected chi connectivity index (χ3v) is 2.72. The van der Waals surface area contributed by atoms with Gasteiger partial charge in [-0.2, -0.15) is 0 Å². The van der Waals surface area contributed by atoms with Gasteiger partial charge in [-0.15, -0.1) is 24.0 Å². The molecule has 17 heavy (non-hydrogen) atoms. The van der Waals surface area contributed by atoms with E-state index < -0.39 is 0 Å². The summed E-state index contributed by atoms with van der Waals surface area (Å²) < 4.78 is 0. The summed E-state index contributed by atoms with van der Waals surface area (Å²) in [5.41, 5.74) is 1.23. The Bertz CT molecular complexity index is 353. The zero-order valence-electron chi connectivity index (χ0n) is 10.1. The maximum atomic E-state index is 4.54. The van der Waals surface area contributed by atoms with Crippen LogP contribution < -0.4 is 5.32 Å². The molecule has 0 unspecified atom stereocenters. The number of hydrogen-bond donors (Lipinski definition) is 1. The lowest BCUT2D eigenvalue weighted by Crippen LogP contribution is -2.38. The van der Waals surface area contributed by atoms with Crippen LogP contribution in [0, 0.1) is 0 Å². The van der Waals surface area contributed by atoms with Crippen molar-refractivity contribution in [2.24, 2.45) is 4.99 Å². The molecule has 0 atom stereocenters. The average molecular weight is 346 g/mol. The summed E-state index contributed by atoms with van der Waals surface area (Å²) in [5, 5.41) is 3.38. The van der Waals surface area contributed by atoms with Gasteiger partial charge in [0.05, 0.1) is 0 Å². The smallest absolute Gasteiger partial charge is 0.193 e. The van der Waals surface area contributed by atoms with Crippen molar-refractivity contribution in [2.75, 3.05) is 20.1 Å². The van der Waals surface area contributed by atoms with Gasteiger partial charge < -0.3 is 10.2 Å². The third-order valence-electron chi connectivity index (χ3n) is 2.72. The van der Waals surface area contributed by atoms with Crippen molar-refractivity contribution in [3.8, 4) is 0 Å². The van der Waals surface area contributed by atoms with Crippen LogP contribution >= 0.6 is 24.0 Å². The number of halogens is 1. The van der Waals surface area contributed by atoms with Gasteiger partial charge in [0.15, 0.2) is 5.96 Å². The molecule has 1 aromatic rings. The van der Waals surface area contributed by atoms with E-state index in [-0.39, 0.29) is 24.0 Å². The molecule has 0 bridgehead atoms. The summed E-state index contributed by atoms with van der Waals surface area (Å²) >= 11 is 0. The van der Waals surface area contributed by atoms with Crippen LogP contribution in [0.15, 0.2) is 29.5 Å². The minimum atomic E-state index is 0. The SMILES string of the molecule is CN1CCCCN=C1NCc1ccncc1.I. The Hall–Kier alpha value is -0.850. The van der Waals surface area contributed by atoms with E-state index in [2.05, 4.69) is 27.2 Å². The van der Waals surface area contributed by atoms with E-state index in [0.29, 0.717) is 0 Å². The average Bonchev–Trinajstić information content (AvgIpc) is 2.53. The fourth-order valence-electron chi connectivity index (χ4n) is 1.74. The monoisotopic (exact) mass is 346 g/mol. The Balaban J connectivity index is 0.00000144. The minimum Gasteiger partial charge on any atom is -0.352 e. The third kappa shape index (κ3) is 4.49. The van der Waals surface area contributed by atoms with E-state index in [9.17, 15) is 0 Å². The second kappa shape index (κ2) is 7.47. The molecule has 0 saturated heterocycles. The Morgan fingerprint density at radius 1 is 1.29 bits per heavy atom. The first-order chi connectivity index (χ1) is 7.86. The standard InChI is InChI=1S/C12H18N4.HI/c1-16-9-3-2-6-14-12(16)15-10-11-4-7-13-8-5-11;/h4-5,7-8H,2-3,6,9-10H2,1H3,(H,14,15);1H. The fraction of sp³-hybridized carbons (Fsp3) is 0.500. The first-order valence-corrected chi connectivity index (χ1v) is 5.74. The van der Waals surface area contributed by atoms with Crippen LogP contribution in [0.4, 0.5) is 0 Å². The van der Waals surface area contributed by atoms with Crippen molar-refractivity contribution in [1.29, 1.82) is 0 Å². The number of aliphatic imine (C=N–C) groups is 1. The number of guanidine groups is 1. The maximum Gasteiger partial charge on any atom is 0.193 e. The highest BCUT2D eigenvalue weighted by atomic mass is 127. The molecule has 4 nitrogen and oxygen atoms in total. The Morgan fingerprint density at radius 3 is 2.82 bits per heavy atom. The zero-order valence-corrected chi connectivity index (χ0v) is 12.4. The zero-order chi connectivity index (χ0) is 11.2. The maximum absolute atomic E-state index is 4.54. The van der Waals surface area contributed by atoms with Crippen LogP contribution in [0.3, 0.4) is 0 Å². The van der Waals surface area contributed by atoms with E-state index in [0.717, 1.165) is 25.6 Å². The van der Waals surface area contributed by atoms with E-state index in [1.165, 1.54) is 18.4 Å². The lowest BCUT2D eigenvalue weighted by molar-refractivity contribution is 0.478. The summed E-state index contributed by atoms with van der Waals surface area (Å²) in [7, 11) is 2.09. The molecule has 5 heteroatoms. The summed E-state index contributed by atoms with van der Waals surface area (Å²) in [6, 6.07) is 4.04. The second-order valence-corrected chi connectivity index (χ2v) is 4.04. The van der Waals surface area contributed by atoms with Crippen molar-refractivity contribution in [2.45, 2.75) is 19.4 Å². The fourth-order valence-corrected chi connectivity index (χ4v) is 1.74. The molecule has 1 aliphatic rings. The lowest BCUT2D eigenvalue weighted by atomic mass is 10.3. The van der Waals surface area contributed by atoms with Crippen molar-refractivity contribution in [1.82, 2.24) is 15.2 Å². The van der Waals surface area contributed by atoms with Gasteiger partial charge in [-0.05, 0) is 30.5 Å². The molecule has 1 aliphatic heterocycles. The largest absolute Gasteiger partial charge is 0.352 e. The van der Waals surface area contributed by atoms with Crippen molar-refractivity contribution >= 4 is 29.9 Å². The highest BCUT2D eigenvalue weighted by Gasteiger charge is 2.08. The second-order valence-electron chi connectivity index (χ2n) is 4.04. The van der Waals surface area contributed by atoms with Gasteiger partial charge in [-0.1, -0.05) is 0 Å². The molecule has 0 radical (unpaired) electrons. The van der Waals surface area contributed by atoms with Gasteiger partial charge in [-0.25, -0.2) is 0 Å². The number of hydrogen-bond acceptors (Lipinski definition) is 4. The lowest BCUT2D eigenvalue weighted by Gasteiger charge is -2.20. The predicted molar refractivity (Wildman–Crippen MR) is 80.7 cm³/mol. The van der Waals surface area contributed by atoms with Gasteiger partial charge in [0.2, 0.25) is 0 Å². The van der Waals surface area contributed by atoms with Gasteiger partial charge in [0.25, 0.3) is 0 Å². The highest BCUT2D eigenvalue weighted by Crippen LogP contribution is 2.02. The molecule has 0 amide bonds. The Labute approximate surface area is 120 Å². The first-order valence-electron chi connectivity index (χ1n) is 5.74. The number of nitrogens with zero attached hydrogens (tertiary/aromatic N) is 3. The molecule has 0 saturated carbocycles. The van der Waals surface area contributed by atoms with Crippen molar-refractivity contribution in [3.05, 3.63) is 30.1 Å². The molecule has 0 fully saturated rings. The van der Waals surface area contributed by atoms with Crippen molar-refractivity contribution < 1.29 is 0 Å². The molecular formula is C12H19IN4. The molecule has 0 spiro atoms. The first kappa shape index (κ1) is 14.2. The quantitative estimate of drug-likeness (QED) is 0.832. The van der Waals surface area contributed by atoms with E-state index in [4.69, 9.17) is 0 Å². The van der Waals surface area contributed by atoms with E-state index in [1.807, 2.05) is 24.5 Å². The molecule has 2 heterocycles. The van der Waals surface area contributed by atoms with Crippen LogP contribution in [0.5, 0.6) is 0 Å². The van der Waals surface area contributed by atoms with E-state index in [1.54, 1.807) is 0 Å². The number of rotatable bonds is 2. The van der Waals surface area contributed by atoms with Gasteiger partial charge in [0.1, 0.15) is 0 Å². The summed E-state index contributed by atoms with van der Waals surface area (Å²) in [5.74, 6) is 1.01. The highest BCUT2D eigenvalue weighted by molar-refractivity contribution is 14.0. The Kier molecular flexibility index (Phi) is 6.25. The normalized spacial score (nSPS) is 15.6. The van der Waals surface area contributed by atoms with Crippen LogP contribution in [0.2, 0.25) is 0 Å². The summed E-state index contributed by atoms with van der Waals surface area (Å²) in [6.07, 6.45) is 6.04. The van der Waals surface area contributed by atoms with E-state index >= 15 is 0 Å². The molecule has 94 valence electrons. The van der Waals surface area contributed by atoms with Crippen LogP contribution in [0.25, 0.3) is 0 Å². The number of pyridine rings is 1. The molecule has 0 aliphatic carbocycles. The van der Waals surface area contributed by atoms with Gasteiger partial charge in [-0.3, -0.25) is 9.98 Å². The van der Waals surface area contributed by atoms with Crippen LogP contribution in [-0.4, -0.2) is 36.0 Å². The van der Waals surface area contributed by atoms with Gasteiger partial charge in [0, 0.05) is 39.1 Å². The minimum absolute atomic E-state index is 0. The molecule has 0 aromatic carbocycles. The summed E-state index contributed by atoms with van der Waals surface area (Å²) in [6.45, 7) is 2.83. The molecule has 1 N–H and O–H groups in total. The predicted octanol–water partition coefficient (Wildman–Crippen LogP) is 1.87. The van der Waals surface area contributed by atoms with Crippen LogP contribution in [-0.2, 0) is 6.54 Å². The van der Waals surface area contributed by atoms with Gasteiger partial charge >= 0.3 is 0 Å². The van der Waals surface area contributed by atoms with Crippen molar-refractivity contribution in [3.63, 3.8) is 0 Å². The topological polar surface area (TPSA) is 40.5 Å².